The Hall–Kier alpha value is -3.02. The van der Waals surface area contributed by atoms with E-state index in [0.717, 1.165) is 11.3 Å². The molecule has 144 valence electrons. The summed E-state index contributed by atoms with van der Waals surface area (Å²) in [5, 5.41) is 2.92. The van der Waals surface area contributed by atoms with E-state index in [0.29, 0.717) is 35.6 Å². The number of aromatic nitrogens is 1. The highest BCUT2D eigenvalue weighted by molar-refractivity contribution is 6.01. The molecule has 1 heterocycles. The monoisotopic (exact) mass is 370 g/mol. The van der Waals surface area contributed by atoms with Gasteiger partial charge in [0.25, 0.3) is 5.91 Å². The Morgan fingerprint density at radius 1 is 1.22 bits per heavy atom. The van der Waals surface area contributed by atoms with E-state index >= 15 is 0 Å². The second-order valence-electron chi connectivity index (χ2n) is 6.08. The molecule has 27 heavy (non-hydrogen) atoms. The number of rotatable bonds is 8. The number of allylic oxidation sites excluding steroid dienone is 1. The van der Waals surface area contributed by atoms with Gasteiger partial charge in [-0.3, -0.25) is 4.79 Å². The van der Waals surface area contributed by atoms with Gasteiger partial charge in [0.2, 0.25) is 0 Å². The van der Waals surface area contributed by atoms with Gasteiger partial charge in [-0.25, -0.2) is 4.79 Å². The summed E-state index contributed by atoms with van der Waals surface area (Å²) in [5.74, 6) is 0.0979. The number of benzene rings is 1. The number of ether oxygens (including phenoxy) is 2. The van der Waals surface area contributed by atoms with Crippen molar-refractivity contribution < 1.29 is 19.1 Å². The third-order valence-electron chi connectivity index (χ3n) is 4.39. The van der Waals surface area contributed by atoms with Gasteiger partial charge in [-0.05, 0) is 44.0 Å². The van der Waals surface area contributed by atoms with Crippen LogP contribution in [0, 0.1) is 13.8 Å². The van der Waals surface area contributed by atoms with E-state index in [-0.39, 0.29) is 12.5 Å². The van der Waals surface area contributed by atoms with Crippen molar-refractivity contribution >= 4 is 11.9 Å². The molecule has 1 N–H and O–H groups in total. The van der Waals surface area contributed by atoms with Gasteiger partial charge >= 0.3 is 5.97 Å². The zero-order chi connectivity index (χ0) is 20.0. The summed E-state index contributed by atoms with van der Waals surface area (Å²) in [6.45, 7) is 10.1. The van der Waals surface area contributed by atoms with E-state index < -0.39 is 5.97 Å². The number of amides is 1. The molecule has 0 bridgehead atoms. The van der Waals surface area contributed by atoms with E-state index in [1.165, 1.54) is 0 Å². The van der Waals surface area contributed by atoms with Crippen molar-refractivity contribution in [1.29, 1.82) is 0 Å². The summed E-state index contributed by atoms with van der Waals surface area (Å²) in [5.41, 5.74) is 3.16. The number of carbonyl (C=O) groups is 2. The van der Waals surface area contributed by atoms with Gasteiger partial charge < -0.3 is 19.4 Å². The fourth-order valence-corrected chi connectivity index (χ4v) is 3.06. The molecule has 1 amide bonds. The van der Waals surface area contributed by atoms with Crippen LogP contribution >= 0.6 is 0 Å². The van der Waals surface area contributed by atoms with Crippen LogP contribution in [0.25, 0.3) is 0 Å². The minimum atomic E-state index is -0.436. The van der Waals surface area contributed by atoms with Crippen LogP contribution < -0.4 is 10.1 Å². The molecule has 0 radical (unpaired) electrons. The van der Waals surface area contributed by atoms with Crippen LogP contribution in [0.2, 0.25) is 0 Å². The number of carbonyl (C=O) groups excluding carboxylic acids is 2. The highest BCUT2D eigenvalue weighted by Gasteiger charge is 2.26. The largest absolute Gasteiger partial charge is 0.497 e. The molecule has 6 nitrogen and oxygen atoms in total. The average molecular weight is 370 g/mol. The second kappa shape index (κ2) is 9.07. The van der Waals surface area contributed by atoms with Crippen molar-refractivity contribution in [2.24, 2.45) is 0 Å². The highest BCUT2D eigenvalue weighted by atomic mass is 16.5. The standard InChI is InChI=1S/C21H26N2O4/c1-6-12-23-15(4)18(14(3)19(23)21(25)27-7-2)20(24)22-13-16-8-10-17(26-5)11-9-16/h6,8-11H,1,7,12-13H2,2-5H3,(H,22,24). The van der Waals surface area contributed by atoms with Crippen LogP contribution in [0.1, 0.15) is 44.6 Å². The predicted octanol–water partition coefficient (Wildman–Crippen LogP) is 3.41. The van der Waals surface area contributed by atoms with Crippen molar-refractivity contribution in [3.05, 3.63) is 65.0 Å². The minimum Gasteiger partial charge on any atom is -0.497 e. The Morgan fingerprint density at radius 3 is 2.44 bits per heavy atom. The van der Waals surface area contributed by atoms with Crippen LogP contribution in [0.5, 0.6) is 5.75 Å². The smallest absolute Gasteiger partial charge is 0.355 e. The Labute approximate surface area is 159 Å². The van der Waals surface area contributed by atoms with Crippen LogP contribution in [-0.2, 0) is 17.8 Å². The summed E-state index contributed by atoms with van der Waals surface area (Å²) in [4.78, 5) is 25.2. The van der Waals surface area contributed by atoms with Crippen LogP contribution in [0.15, 0.2) is 36.9 Å². The normalized spacial score (nSPS) is 10.4. The number of nitrogens with zero attached hydrogens (tertiary/aromatic N) is 1. The molecule has 0 saturated carbocycles. The number of nitrogens with one attached hydrogen (secondary N) is 1. The van der Waals surface area contributed by atoms with Crippen LogP contribution in [-0.4, -0.2) is 30.2 Å². The van der Waals surface area contributed by atoms with Gasteiger partial charge in [0, 0.05) is 18.8 Å². The molecule has 0 aliphatic heterocycles. The quantitative estimate of drug-likeness (QED) is 0.571. The molecule has 0 fully saturated rings. The molecule has 1 aromatic carbocycles. The third-order valence-corrected chi connectivity index (χ3v) is 4.39. The van der Waals surface area contributed by atoms with Gasteiger partial charge in [-0.15, -0.1) is 6.58 Å². The van der Waals surface area contributed by atoms with Crippen LogP contribution in [0.4, 0.5) is 0 Å². The molecule has 6 heteroatoms. The highest BCUT2D eigenvalue weighted by Crippen LogP contribution is 2.23. The van der Waals surface area contributed by atoms with Crippen LogP contribution in [0.3, 0.4) is 0 Å². The molecule has 2 aromatic rings. The van der Waals surface area contributed by atoms with Gasteiger partial charge in [-0.2, -0.15) is 0 Å². The SMILES string of the molecule is C=CCn1c(C)c(C(=O)NCc2ccc(OC)cc2)c(C)c1C(=O)OCC. The first kappa shape index (κ1) is 20.3. The third kappa shape index (κ3) is 4.39. The predicted molar refractivity (Wildman–Crippen MR) is 104 cm³/mol. The Kier molecular flexibility index (Phi) is 6.82. The summed E-state index contributed by atoms with van der Waals surface area (Å²) in [6, 6.07) is 7.48. The Bertz CT molecular complexity index is 835. The molecular weight excluding hydrogens is 344 g/mol. The number of methoxy groups -OCH3 is 1. The number of hydrogen-bond donors (Lipinski definition) is 1. The molecular formula is C21H26N2O4. The molecule has 0 aliphatic carbocycles. The molecule has 2 rings (SSSR count). The number of esters is 1. The number of hydrogen-bond acceptors (Lipinski definition) is 4. The van der Waals surface area contributed by atoms with Crippen molar-refractivity contribution in [3.8, 4) is 5.75 Å². The summed E-state index contributed by atoms with van der Waals surface area (Å²) >= 11 is 0. The first-order chi connectivity index (χ1) is 12.9. The van der Waals surface area contributed by atoms with Gasteiger partial charge in [0.05, 0.1) is 19.3 Å². The van der Waals surface area contributed by atoms with E-state index in [9.17, 15) is 9.59 Å². The topological polar surface area (TPSA) is 69.6 Å². The molecule has 0 atom stereocenters. The molecule has 0 aliphatic rings. The lowest BCUT2D eigenvalue weighted by molar-refractivity contribution is 0.0513. The van der Waals surface area contributed by atoms with Gasteiger partial charge in [0.1, 0.15) is 11.4 Å². The first-order valence-electron chi connectivity index (χ1n) is 8.83. The Morgan fingerprint density at radius 2 is 1.89 bits per heavy atom. The maximum Gasteiger partial charge on any atom is 0.355 e. The second-order valence-corrected chi connectivity index (χ2v) is 6.08. The molecule has 0 spiro atoms. The minimum absolute atomic E-state index is 0.228. The zero-order valence-electron chi connectivity index (χ0n) is 16.3. The molecule has 0 saturated heterocycles. The maximum atomic E-state index is 12.8. The maximum absolute atomic E-state index is 12.8. The van der Waals surface area contributed by atoms with Crippen molar-refractivity contribution in [2.75, 3.05) is 13.7 Å². The Balaban J connectivity index is 2.27. The van der Waals surface area contributed by atoms with E-state index in [4.69, 9.17) is 9.47 Å². The zero-order valence-corrected chi connectivity index (χ0v) is 16.3. The molecule has 1 aromatic heterocycles. The lowest BCUT2D eigenvalue weighted by Crippen LogP contribution is -2.24. The van der Waals surface area contributed by atoms with Crippen molar-refractivity contribution in [3.63, 3.8) is 0 Å². The van der Waals surface area contributed by atoms with Gasteiger partial charge in [-0.1, -0.05) is 18.2 Å². The average Bonchev–Trinajstić information content (AvgIpc) is 2.91. The van der Waals surface area contributed by atoms with Gasteiger partial charge in [0.15, 0.2) is 0 Å². The fourth-order valence-electron chi connectivity index (χ4n) is 3.06. The lowest BCUT2D eigenvalue weighted by Gasteiger charge is -2.09. The lowest BCUT2D eigenvalue weighted by atomic mass is 10.1. The molecule has 0 unspecified atom stereocenters. The van der Waals surface area contributed by atoms with E-state index in [1.54, 1.807) is 31.6 Å². The summed E-state index contributed by atoms with van der Waals surface area (Å²) < 4.78 is 12.1. The summed E-state index contributed by atoms with van der Waals surface area (Å²) in [6.07, 6.45) is 1.69. The summed E-state index contributed by atoms with van der Waals surface area (Å²) in [7, 11) is 1.61. The fraction of sp³-hybridized carbons (Fsp3) is 0.333. The first-order valence-corrected chi connectivity index (χ1v) is 8.83. The van der Waals surface area contributed by atoms with E-state index in [1.807, 2.05) is 31.2 Å². The van der Waals surface area contributed by atoms with Crippen molar-refractivity contribution in [1.82, 2.24) is 9.88 Å². The van der Waals surface area contributed by atoms with Crippen molar-refractivity contribution in [2.45, 2.75) is 33.9 Å². The van der Waals surface area contributed by atoms with E-state index in [2.05, 4.69) is 11.9 Å².